The van der Waals surface area contributed by atoms with Crippen LogP contribution >= 0.6 is 0 Å². The van der Waals surface area contributed by atoms with E-state index in [2.05, 4.69) is 5.32 Å². The van der Waals surface area contributed by atoms with Gasteiger partial charge in [-0.15, -0.1) is 0 Å². The van der Waals surface area contributed by atoms with Crippen LogP contribution in [0.15, 0.2) is 47.4 Å². The van der Waals surface area contributed by atoms with Crippen molar-refractivity contribution < 1.29 is 27.5 Å². The molecule has 0 fully saturated rings. The molecule has 2 amide bonds. The van der Waals surface area contributed by atoms with E-state index in [1.54, 1.807) is 24.3 Å². The van der Waals surface area contributed by atoms with Gasteiger partial charge >= 0.3 is 0 Å². The van der Waals surface area contributed by atoms with Crippen LogP contribution in [0.2, 0.25) is 0 Å². The summed E-state index contributed by atoms with van der Waals surface area (Å²) in [5.41, 5.74) is 0.385. The van der Waals surface area contributed by atoms with E-state index in [4.69, 9.17) is 9.47 Å². The molecule has 1 aliphatic heterocycles. The molecule has 0 saturated carbocycles. The van der Waals surface area contributed by atoms with Gasteiger partial charge < -0.3 is 14.8 Å². The summed E-state index contributed by atoms with van der Waals surface area (Å²) >= 11 is 0. The first-order chi connectivity index (χ1) is 12.8. The Balaban J connectivity index is 1.88. The fraction of sp³-hybridized carbons (Fsp3) is 0.222. The van der Waals surface area contributed by atoms with Gasteiger partial charge in [-0.3, -0.25) is 9.59 Å². The van der Waals surface area contributed by atoms with Crippen LogP contribution in [0.3, 0.4) is 0 Å². The Labute approximate surface area is 156 Å². The number of benzene rings is 2. The van der Waals surface area contributed by atoms with Gasteiger partial charge in [0.05, 0.1) is 25.5 Å². The highest BCUT2D eigenvalue weighted by atomic mass is 32.2. The predicted octanol–water partition coefficient (Wildman–Crippen LogP) is 1.88. The molecule has 1 heterocycles. The van der Waals surface area contributed by atoms with Crippen LogP contribution in [0.4, 0.5) is 5.69 Å². The van der Waals surface area contributed by atoms with E-state index < -0.39 is 27.9 Å². The van der Waals surface area contributed by atoms with Gasteiger partial charge in [-0.05, 0) is 31.2 Å². The number of rotatable bonds is 5. The summed E-state index contributed by atoms with van der Waals surface area (Å²) in [6, 6.07) is 9.39. The molecule has 142 valence electrons. The summed E-state index contributed by atoms with van der Waals surface area (Å²) in [5.74, 6) is -0.516. The summed E-state index contributed by atoms with van der Waals surface area (Å²) < 4.78 is 36.3. The number of hydrogen-bond donors (Lipinski definition) is 1. The first-order valence-corrected chi connectivity index (χ1v) is 9.46. The van der Waals surface area contributed by atoms with Crippen molar-refractivity contribution in [1.29, 1.82) is 0 Å². The van der Waals surface area contributed by atoms with Crippen LogP contribution in [0.1, 0.15) is 17.3 Å². The van der Waals surface area contributed by atoms with Crippen molar-refractivity contribution in [2.24, 2.45) is 0 Å². The van der Waals surface area contributed by atoms with Crippen molar-refractivity contribution >= 4 is 27.5 Å². The number of nitrogens with zero attached hydrogens (tertiary/aromatic N) is 1. The van der Waals surface area contributed by atoms with E-state index in [1.807, 2.05) is 0 Å². The van der Waals surface area contributed by atoms with E-state index in [-0.39, 0.29) is 10.5 Å². The molecule has 9 heteroatoms. The first-order valence-electron chi connectivity index (χ1n) is 8.02. The molecule has 27 heavy (non-hydrogen) atoms. The molecule has 1 N–H and O–H groups in total. The fourth-order valence-electron chi connectivity index (χ4n) is 2.83. The standard InChI is InChI=1S/C18H18N2O6S/c1-11(17(21)19-14-9-8-12(25-2)10-15(14)26-3)20-18(22)13-6-4-5-7-16(13)27(20,23)24/h4-11H,1-3H3,(H,19,21)/t11-/m1/s1. The number of carbonyl (C=O) groups excluding carboxylic acids is 2. The van der Waals surface area contributed by atoms with Gasteiger partial charge in [0, 0.05) is 6.07 Å². The Kier molecular flexibility index (Phi) is 4.79. The molecule has 0 radical (unpaired) electrons. The molecule has 0 aromatic heterocycles. The number of anilines is 1. The number of methoxy groups -OCH3 is 2. The van der Waals surface area contributed by atoms with Crippen LogP contribution in [-0.4, -0.2) is 44.8 Å². The third kappa shape index (κ3) is 3.10. The highest BCUT2D eigenvalue weighted by Gasteiger charge is 2.45. The van der Waals surface area contributed by atoms with Crippen LogP contribution in [0.5, 0.6) is 11.5 Å². The van der Waals surface area contributed by atoms with Crippen LogP contribution in [0.25, 0.3) is 0 Å². The Hall–Kier alpha value is -3.07. The number of ether oxygens (including phenoxy) is 2. The molecule has 3 rings (SSSR count). The largest absolute Gasteiger partial charge is 0.497 e. The zero-order valence-corrected chi connectivity index (χ0v) is 15.7. The second-order valence-electron chi connectivity index (χ2n) is 5.83. The fourth-order valence-corrected chi connectivity index (χ4v) is 4.56. The maximum absolute atomic E-state index is 12.7. The zero-order chi connectivity index (χ0) is 19.8. The molecule has 0 unspecified atom stereocenters. The van der Waals surface area contributed by atoms with Crippen molar-refractivity contribution in [2.75, 3.05) is 19.5 Å². The number of fused-ring (bicyclic) bond motifs is 1. The van der Waals surface area contributed by atoms with Crippen LogP contribution in [0, 0.1) is 0 Å². The zero-order valence-electron chi connectivity index (χ0n) is 14.9. The molecule has 8 nitrogen and oxygen atoms in total. The van der Waals surface area contributed by atoms with Crippen molar-refractivity contribution in [3.8, 4) is 11.5 Å². The lowest BCUT2D eigenvalue weighted by Crippen LogP contribution is -2.45. The second-order valence-corrected chi connectivity index (χ2v) is 7.62. The van der Waals surface area contributed by atoms with Gasteiger partial charge in [0.2, 0.25) is 5.91 Å². The molecule has 1 atom stereocenters. The third-order valence-corrected chi connectivity index (χ3v) is 6.16. The number of carbonyl (C=O) groups is 2. The Morgan fingerprint density at radius 1 is 1.11 bits per heavy atom. The number of hydrogen-bond acceptors (Lipinski definition) is 6. The highest BCUT2D eigenvalue weighted by molar-refractivity contribution is 7.90. The molecular formula is C18H18N2O6S. The number of sulfonamides is 1. The molecule has 2 aromatic carbocycles. The minimum Gasteiger partial charge on any atom is -0.497 e. The van der Waals surface area contributed by atoms with Crippen molar-refractivity contribution in [1.82, 2.24) is 4.31 Å². The monoisotopic (exact) mass is 390 g/mol. The summed E-state index contributed by atoms with van der Waals surface area (Å²) in [6.07, 6.45) is 0. The van der Waals surface area contributed by atoms with Crippen molar-refractivity contribution in [2.45, 2.75) is 17.9 Å². The van der Waals surface area contributed by atoms with Gasteiger partial charge in [-0.2, -0.15) is 0 Å². The van der Waals surface area contributed by atoms with Gasteiger partial charge in [0.15, 0.2) is 0 Å². The second kappa shape index (κ2) is 6.92. The molecule has 0 aliphatic carbocycles. The molecule has 2 aromatic rings. The van der Waals surface area contributed by atoms with Gasteiger partial charge in [-0.25, -0.2) is 12.7 Å². The van der Waals surface area contributed by atoms with E-state index >= 15 is 0 Å². The van der Waals surface area contributed by atoms with E-state index in [0.29, 0.717) is 21.5 Å². The van der Waals surface area contributed by atoms with Gasteiger partial charge in [0.1, 0.15) is 22.4 Å². The normalized spacial score (nSPS) is 15.8. The number of nitrogens with one attached hydrogen (secondary N) is 1. The molecule has 0 bridgehead atoms. The number of amides is 2. The lowest BCUT2D eigenvalue weighted by molar-refractivity contribution is -0.118. The maximum atomic E-state index is 12.7. The summed E-state index contributed by atoms with van der Waals surface area (Å²) in [7, 11) is -1.16. The minimum absolute atomic E-state index is 0.0548. The van der Waals surface area contributed by atoms with E-state index in [0.717, 1.165) is 0 Å². The van der Waals surface area contributed by atoms with E-state index in [1.165, 1.54) is 39.3 Å². The Morgan fingerprint density at radius 3 is 2.44 bits per heavy atom. The molecule has 1 aliphatic rings. The first kappa shape index (κ1) is 18.7. The molecular weight excluding hydrogens is 372 g/mol. The van der Waals surface area contributed by atoms with Crippen LogP contribution in [-0.2, 0) is 14.8 Å². The molecule has 0 saturated heterocycles. The topological polar surface area (TPSA) is 102 Å². The summed E-state index contributed by atoms with van der Waals surface area (Å²) in [6.45, 7) is 1.35. The summed E-state index contributed by atoms with van der Waals surface area (Å²) in [4.78, 5) is 25.1. The van der Waals surface area contributed by atoms with Crippen molar-refractivity contribution in [3.05, 3.63) is 48.0 Å². The maximum Gasteiger partial charge on any atom is 0.269 e. The Morgan fingerprint density at radius 2 is 1.81 bits per heavy atom. The predicted molar refractivity (Wildman–Crippen MR) is 97.4 cm³/mol. The highest BCUT2D eigenvalue weighted by Crippen LogP contribution is 2.33. The van der Waals surface area contributed by atoms with Crippen molar-refractivity contribution in [3.63, 3.8) is 0 Å². The van der Waals surface area contributed by atoms with E-state index in [9.17, 15) is 18.0 Å². The Bertz CT molecular complexity index is 1020. The summed E-state index contributed by atoms with van der Waals surface area (Å²) in [5, 5.41) is 2.60. The lowest BCUT2D eigenvalue weighted by Gasteiger charge is -2.23. The SMILES string of the molecule is COc1ccc(NC(=O)[C@@H](C)N2C(=O)c3ccccc3S2(=O)=O)c(OC)c1. The average Bonchev–Trinajstić information content (AvgIpc) is 2.87. The van der Waals surface area contributed by atoms with Gasteiger partial charge in [-0.1, -0.05) is 12.1 Å². The average molecular weight is 390 g/mol. The smallest absolute Gasteiger partial charge is 0.269 e. The van der Waals surface area contributed by atoms with Crippen LogP contribution < -0.4 is 14.8 Å². The van der Waals surface area contributed by atoms with Gasteiger partial charge in [0.25, 0.3) is 15.9 Å². The lowest BCUT2D eigenvalue weighted by atomic mass is 10.2. The minimum atomic E-state index is -4.09. The molecule has 0 spiro atoms. The third-order valence-electron chi connectivity index (χ3n) is 4.25. The quantitative estimate of drug-likeness (QED) is 0.836.